The van der Waals surface area contributed by atoms with Gasteiger partial charge in [0.15, 0.2) is 11.6 Å². The van der Waals surface area contributed by atoms with E-state index in [0.717, 1.165) is 0 Å². The molecule has 0 unspecified atom stereocenters. The van der Waals surface area contributed by atoms with Gasteiger partial charge < -0.3 is 23.7 Å². The van der Waals surface area contributed by atoms with Crippen LogP contribution in [0.1, 0.15) is 55.3 Å². The van der Waals surface area contributed by atoms with Crippen molar-refractivity contribution in [3.8, 4) is 23.0 Å². The Bertz CT molecular complexity index is 1420. The molecule has 0 amide bonds. The molecule has 4 aromatic carbocycles. The molecule has 9 heteroatoms. The van der Waals surface area contributed by atoms with Gasteiger partial charge in [0.25, 0.3) is 0 Å². The van der Waals surface area contributed by atoms with Crippen LogP contribution in [0.2, 0.25) is 0 Å². The number of hydrogen-bond acceptors (Lipinski definition) is 9. The Labute approximate surface area is 248 Å². The third-order valence-corrected chi connectivity index (χ3v) is 6.12. The molecule has 43 heavy (non-hydrogen) atoms. The quantitative estimate of drug-likeness (QED) is 0.0764. The van der Waals surface area contributed by atoms with Crippen LogP contribution in [0, 0.1) is 0 Å². The van der Waals surface area contributed by atoms with E-state index in [0.29, 0.717) is 71.7 Å². The second-order valence-electron chi connectivity index (χ2n) is 9.30. The van der Waals surface area contributed by atoms with E-state index in [9.17, 15) is 19.2 Å². The van der Waals surface area contributed by atoms with E-state index in [2.05, 4.69) is 0 Å². The molecular weight excluding hydrogens is 552 g/mol. The van der Waals surface area contributed by atoms with E-state index in [1.807, 2.05) is 0 Å². The van der Waals surface area contributed by atoms with E-state index >= 15 is 0 Å². The fraction of sp³-hybridized carbons (Fsp3) is 0.176. The number of ketones is 2. The lowest BCUT2D eigenvalue weighted by molar-refractivity contribution is 0.0725. The summed E-state index contributed by atoms with van der Waals surface area (Å²) >= 11 is 0. The molecule has 9 nitrogen and oxygen atoms in total. The lowest BCUT2D eigenvalue weighted by Crippen LogP contribution is -2.12. The molecule has 0 atom stereocenters. The molecule has 0 radical (unpaired) electrons. The predicted molar refractivity (Wildman–Crippen MR) is 158 cm³/mol. The van der Waals surface area contributed by atoms with Crippen LogP contribution in [-0.4, -0.2) is 49.9 Å². The van der Waals surface area contributed by atoms with Crippen LogP contribution in [0.25, 0.3) is 0 Å². The number of Topliss-reactive ketones (excluding diaryl/α,β-unsaturated/α-hetero) is 2. The van der Waals surface area contributed by atoms with Gasteiger partial charge in [-0.15, -0.1) is 0 Å². The molecule has 0 fully saturated rings. The molecule has 0 bridgehead atoms. The summed E-state index contributed by atoms with van der Waals surface area (Å²) < 4.78 is 27.5. The molecular formula is C34H30O9. The van der Waals surface area contributed by atoms with Crippen molar-refractivity contribution < 1.29 is 42.9 Å². The second-order valence-corrected chi connectivity index (χ2v) is 9.30. The lowest BCUT2D eigenvalue weighted by atomic mass is 10.1. The van der Waals surface area contributed by atoms with Gasteiger partial charge >= 0.3 is 11.9 Å². The summed E-state index contributed by atoms with van der Waals surface area (Å²) in [6.07, 6.45) is 0. The molecule has 0 spiro atoms. The summed E-state index contributed by atoms with van der Waals surface area (Å²) in [6.45, 7) is 4.22. The van der Waals surface area contributed by atoms with Crippen LogP contribution >= 0.6 is 0 Å². The van der Waals surface area contributed by atoms with Crippen LogP contribution in [0.5, 0.6) is 23.0 Å². The zero-order chi connectivity index (χ0) is 30.6. The summed E-state index contributed by atoms with van der Waals surface area (Å²) in [5.41, 5.74) is 1.81. The largest absolute Gasteiger partial charge is 0.491 e. The Kier molecular flexibility index (Phi) is 10.8. The molecule has 0 aliphatic rings. The van der Waals surface area contributed by atoms with Gasteiger partial charge in [-0.3, -0.25) is 9.59 Å². The summed E-state index contributed by atoms with van der Waals surface area (Å²) in [4.78, 5) is 47.4. The third kappa shape index (κ3) is 9.37. The normalized spacial score (nSPS) is 10.5. The zero-order valence-corrected chi connectivity index (χ0v) is 23.7. The van der Waals surface area contributed by atoms with Crippen molar-refractivity contribution in [1.29, 1.82) is 0 Å². The maximum absolute atomic E-state index is 12.4. The minimum absolute atomic E-state index is 0.0622. The fourth-order valence-electron chi connectivity index (χ4n) is 3.76. The summed E-state index contributed by atoms with van der Waals surface area (Å²) in [5, 5.41) is 0. The monoisotopic (exact) mass is 582 g/mol. The van der Waals surface area contributed by atoms with Crippen LogP contribution < -0.4 is 18.9 Å². The smallest absolute Gasteiger partial charge is 0.343 e. The van der Waals surface area contributed by atoms with Gasteiger partial charge in [0, 0.05) is 11.1 Å². The maximum Gasteiger partial charge on any atom is 0.343 e. The van der Waals surface area contributed by atoms with Gasteiger partial charge in [0.2, 0.25) is 0 Å². The Balaban J connectivity index is 1.10. The molecule has 0 saturated heterocycles. The lowest BCUT2D eigenvalue weighted by Gasteiger charge is -2.10. The molecule has 4 aromatic rings. The van der Waals surface area contributed by atoms with E-state index in [4.69, 9.17) is 23.7 Å². The second kappa shape index (κ2) is 15.1. The summed E-state index contributed by atoms with van der Waals surface area (Å²) in [6, 6.07) is 25.8. The number of benzene rings is 4. The highest BCUT2D eigenvalue weighted by Crippen LogP contribution is 2.18. The Morgan fingerprint density at radius 2 is 0.721 bits per heavy atom. The van der Waals surface area contributed by atoms with Gasteiger partial charge in [0.05, 0.1) is 24.3 Å². The number of carbonyl (C=O) groups excluding carboxylic acids is 4. The summed E-state index contributed by atoms with van der Waals surface area (Å²) in [5.74, 6) is 0.699. The SMILES string of the molecule is CC(=O)c1ccc(OC(=O)c2ccc(OCCOCCOc3ccc(C(=O)Oc4ccc(C(C)=O)cc4)cc3)cc2)cc1. The number of esters is 2. The van der Waals surface area contributed by atoms with Gasteiger partial charge in [-0.1, -0.05) is 0 Å². The van der Waals surface area contributed by atoms with Gasteiger partial charge in [0.1, 0.15) is 36.2 Å². The Morgan fingerprint density at radius 3 is 1.05 bits per heavy atom. The van der Waals surface area contributed by atoms with E-state index in [1.165, 1.54) is 13.8 Å². The number of rotatable bonds is 14. The van der Waals surface area contributed by atoms with Crippen molar-refractivity contribution in [2.45, 2.75) is 13.8 Å². The Morgan fingerprint density at radius 1 is 0.419 bits per heavy atom. The molecule has 0 saturated carbocycles. The average Bonchev–Trinajstić information content (AvgIpc) is 3.01. The first-order valence-electron chi connectivity index (χ1n) is 13.5. The number of ether oxygens (including phenoxy) is 5. The van der Waals surface area contributed by atoms with Crippen molar-refractivity contribution in [3.63, 3.8) is 0 Å². The molecule has 0 aliphatic heterocycles. The van der Waals surface area contributed by atoms with Crippen molar-refractivity contribution in [2.24, 2.45) is 0 Å². The molecule has 0 aromatic heterocycles. The molecule has 0 N–H and O–H groups in total. The zero-order valence-electron chi connectivity index (χ0n) is 23.7. The number of carbonyl (C=O) groups is 4. The minimum Gasteiger partial charge on any atom is -0.491 e. The first-order chi connectivity index (χ1) is 20.8. The Hall–Kier alpha value is -5.28. The van der Waals surface area contributed by atoms with E-state index in [-0.39, 0.29) is 11.6 Å². The molecule has 0 aliphatic carbocycles. The maximum atomic E-state index is 12.4. The average molecular weight is 583 g/mol. The minimum atomic E-state index is -0.516. The van der Waals surface area contributed by atoms with Crippen LogP contribution in [0.4, 0.5) is 0 Å². The van der Waals surface area contributed by atoms with E-state index < -0.39 is 11.9 Å². The van der Waals surface area contributed by atoms with Crippen molar-refractivity contribution in [1.82, 2.24) is 0 Å². The van der Waals surface area contributed by atoms with Crippen LogP contribution in [-0.2, 0) is 4.74 Å². The predicted octanol–water partition coefficient (Wildman–Crippen LogP) is 6.00. The number of hydrogen-bond donors (Lipinski definition) is 0. The van der Waals surface area contributed by atoms with Crippen molar-refractivity contribution >= 4 is 23.5 Å². The van der Waals surface area contributed by atoms with Crippen LogP contribution in [0.3, 0.4) is 0 Å². The fourth-order valence-corrected chi connectivity index (χ4v) is 3.76. The van der Waals surface area contributed by atoms with Crippen LogP contribution in [0.15, 0.2) is 97.1 Å². The standard InChI is InChI=1S/C34H30O9/c1-23(35)25-3-15-31(16-4-25)42-33(37)27-7-11-29(12-8-27)40-21-19-39-20-22-41-30-13-9-28(10-14-30)34(38)43-32-17-5-26(6-18-32)24(2)36/h3-18H,19-22H2,1-2H3. The van der Waals surface area contributed by atoms with Gasteiger partial charge in [-0.25, -0.2) is 9.59 Å². The van der Waals surface area contributed by atoms with Gasteiger partial charge in [-0.2, -0.15) is 0 Å². The topological polar surface area (TPSA) is 114 Å². The highest BCUT2D eigenvalue weighted by atomic mass is 16.5. The van der Waals surface area contributed by atoms with Crippen molar-refractivity contribution in [2.75, 3.05) is 26.4 Å². The first-order valence-corrected chi connectivity index (χ1v) is 13.5. The van der Waals surface area contributed by atoms with Crippen molar-refractivity contribution in [3.05, 3.63) is 119 Å². The molecule has 4 rings (SSSR count). The summed E-state index contributed by atoms with van der Waals surface area (Å²) in [7, 11) is 0. The molecule has 220 valence electrons. The highest BCUT2D eigenvalue weighted by molar-refractivity contribution is 5.95. The van der Waals surface area contributed by atoms with E-state index in [1.54, 1.807) is 97.1 Å². The highest BCUT2D eigenvalue weighted by Gasteiger charge is 2.11. The molecule has 0 heterocycles. The first kappa shape index (κ1) is 30.7. The van der Waals surface area contributed by atoms with Gasteiger partial charge in [-0.05, 0) is 111 Å². The third-order valence-electron chi connectivity index (χ3n) is 6.12.